The smallest absolute Gasteiger partial charge is 0.408 e. The minimum absolute atomic E-state index is 0.127. The highest BCUT2D eigenvalue weighted by atomic mass is 16.6. The largest absolute Gasteiger partial charge is 0.508 e. The number of fused-ring (bicyclic) bond motifs is 3. The van der Waals surface area contributed by atoms with Gasteiger partial charge >= 0.3 is 12.1 Å². The van der Waals surface area contributed by atoms with Gasteiger partial charge in [0, 0.05) is 13.0 Å². The maximum Gasteiger partial charge on any atom is 0.408 e. The second-order valence-electron chi connectivity index (χ2n) is 8.68. The second-order valence-corrected chi connectivity index (χ2v) is 8.68. The summed E-state index contributed by atoms with van der Waals surface area (Å²) in [5.41, 5.74) is 0.150. The molecule has 1 amide bonds. The minimum Gasteiger partial charge on any atom is -0.508 e. The summed E-state index contributed by atoms with van der Waals surface area (Å²) >= 11 is 0. The normalized spacial score (nSPS) is 25.0. The van der Waals surface area contributed by atoms with E-state index in [1.807, 2.05) is 0 Å². The van der Waals surface area contributed by atoms with Crippen LogP contribution in [0.5, 0.6) is 5.75 Å². The lowest BCUT2D eigenvalue weighted by atomic mass is 9.86. The van der Waals surface area contributed by atoms with E-state index in [0.717, 1.165) is 38.0 Å². The Bertz CT molecular complexity index is 690. The number of rotatable bonds is 5. The molecule has 2 bridgehead atoms. The molecule has 0 saturated carbocycles. The molecule has 4 rings (SSSR count). The van der Waals surface area contributed by atoms with Gasteiger partial charge in [-0.1, -0.05) is 12.1 Å². The number of hydrogen-bond acceptors (Lipinski definition) is 6. The molecule has 7 heteroatoms. The first kappa shape index (κ1) is 20.5. The zero-order valence-corrected chi connectivity index (χ0v) is 16.8. The molecule has 0 aromatic heterocycles. The summed E-state index contributed by atoms with van der Waals surface area (Å²) in [5, 5.41) is 12.1. The van der Waals surface area contributed by atoms with Crippen molar-refractivity contribution in [2.75, 3.05) is 19.6 Å². The van der Waals surface area contributed by atoms with Crippen LogP contribution in [0.15, 0.2) is 24.3 Å². The molecule has 3 heterocycles. The number of alkyl carbamates (subject to hydrolysis) is 1. The van der Waals surface area contributed by atoms with Crippen LogP contribution in [0.3, 0.4) is 0 Å². The monoisotopic (exact) mass is 390 g/mol. The first-order chi connectivity index (χ1) is 13.2. The fraction of sp³-hybridized carbons (Fsp3) is 0.619. The number of carbonyl (C=O) groups excluding carboxylic acids is 2. The highest BCUT2D eigenvalue weighted by molar-refractivity contribution is 5.82. The van der Waals surface area contributed by atoms with Crippen molar-refractivity contribution in [3.8, 4) is 5.75 Å². The molecule has 2 atom stereocenters. The Morgan fingerprint density at radius 1 is 1.21 bits per heavy atom. The Labute approximate surface area is 166 Å². The van der Waals surface area contributed by atoms with Crippen molar-refractivity contribution in [2.24, 2.45) is 5.92 Å². The number of nitrogens with zero attached hydrogens (tertiary/aromatic N) is 1. The molecule has 154 valence electrons. The van der Waals surface area contributed by atoms with Gasteiger partial charge in [0.25, 0.3) is 0 Å². The van der Waals surface area contributed by atoms with Gasteiger partial charge in [-0.3, -0.25) is 4.90 Å². The molecule has 7 nitrogen and oxygen atoms in total. The van der Waals surface area contributed by atoms with E-state index in [2.05, 4.69) is 10.2 Å². The molecule has 3 aliphatic heterocycles. The standard InChI is InChI=1S/C21H30N2O5/c1-21(2,3)28-20(26)22-17(12-14-4-6-16(24)7-5-14)19(25)27-18-13-23-10-8-15(18)9-11-23/h4-7,15,17-18,24H,8-13H2,1-3H3,(H,22,26). The molecular weight excluding hydrogens is 360 g/mol. The number of hydrogen-bond donors (Lipinski definition) is 2. The summed E-state index contributed by atoms with van der Waals surface area (Å²) in [6, 6.07) is 5.70. The van der Waals surface area contributed by atoms with Gasteiger partial charge in [0.05, 0.1) is 0 Å². The summed E-state index contributed by atoms with van der Waals surface area (Å²) in [6.07, 6.45) is 1.57. The van der Waals surface area contributed by atoms with Crippen molar-refractivity contribution in [3.63, 3.8) is 0 Å². The van der Waals surface area contributed by atoms with E-state index in [9.17, 15) is 14.7 Å². The Balaban J connectivity index is 1.67. The minimum atomic E-state index is -0.852. The van der Waals surface area contributed by atoms with E-state index >= 15 is 0 Å². The van der Waals surface area contributed by atoms with Gasteiger partial charge in [0.1, 0.15) is 23.5 Å². The topological polar surface area (TPSA) is 88.1 Å². The maximum absolute atomic E-state index is 12.9. The van der Waals surface area contributed by atoms with Gasteiger partial charge in [0.15, 0.2) is 0 Å². The fourth-order valence-electron chi connectivity index (χ4n) is 3.79. The number of phenolic OH excluding ortho intramolecular Hbond substituents is 1. The zero-order chi connectivity index (χ0) is 20.3. The molecule has 0 radical (unpaired) electrons. The number of aromatic hydroxyl groups is 1. The Morgan fingerprint density at radius 3 is 2.39 bits per heavy atom. The number of carbonyl (C=O) groups is 2. The van der Waals surface area contributed by atoms with E-state index in [1.165, 1.54) is 0 Å². The van der Waals surface area contributed by atoms with Gasteiger partial charge in [-0.25, -0.2) is 9.59 Å². The van der Waals surface area contributed by atoms with Crippen molar-refractivity contribution in [3.05, 3.63) is 29.8 Å². The van der Waals surface area contributed by atoms with E-state index in [-0.39, 0.29) is 18.3 Å². The summed E-state index contributed by atoms with van der Waals surface area (Å²) in [4.78, 5) is 27.5. The summed E-state index contributed by atoms with van der Waals surface area (Å²) in [6.45, 7) is 8.19. The molecule has 3 saturated heterocycles. The zero-order valence-electron chi connectivity index (χ0n) is 16.8. The lowest BCUT2D eigenvalue weighted by Gasteiger charge is -2.44. The van der Waals surface area contributed by atoms with Crippen molar-refractivity contribution in [1.29, 1.82) is 0 Å². The number of esters is 1. The molecule has 0 aliphatic carbocycles. The van der Waals surface area contributed by atoms with Crippen LogP contribution in [0.1, 0.15) is 39.2 Å². The van der Waals surface area contributed by atoms with Crippen LogP contribution in [0.2, 0.25) is 0 Å². The third-order valence-corrected chi connectivity index (χ3v) is 5.22. The number of phenols is 1. The first-order valence-corrected chi connectivity index (χ1v) is 9.90. The van der Waals surface area contributed by atoms with Crippen LogP contribution in [0.4, 0.5) is 4.79 Å². The molecule has 3 fully saturated rings. The van der Waals surface area contributed by atoms with E-state index in [1.54, 1.807) is 45.0 Å². The first-order valence-electron chi connectivity index (χ1n) is 9.90. The molecule has 0 spiro atoms. The maximum atomic E-state index is 12.9. The van der Waals surface area contributed by atoms with Crippen LogP contribution in [-0.2, 0) is 20.7 Å². The van der Waals surface area contributed by atoms with Crippen LogP contribution < -0.4 is 5.32 Å². The molecule has 2 N–H and O–H groups in total. The molecule has 28 heavy (non-hydrogen) atoms. The third kappa shape index (κ3) is 5.61. The quantitative estimate of drug-likeness (QED) is 0.751. The average Bonchev–Trinajstić information content (AvgIpc) is 2.62. The van der Waals surface area contributed by atoms with Gasteiger partial charge in [-0.15, -0.1) is 0 Å². The van der Waals surface area contributed by atoms with Crippen molar-refractivity contribution in [2.45, 2.75) is 57.8 Å². The summed E-state index contributed by atoms with van der Waals surface area (Å²) < 4.78 is 11.1. The second kappa shape index (κ2) is 8.39. The Kier molecular flexibility index (Phi) is 6.13. The van der Waals surface area contributed by atoms with Gasteiger partial charge in [0.2, 0.25) is 0 Å². The van der Waals surface area contributed by atoms with E-state index in [0.29, 0.717) is 5.92 Å². The average molecular weight is 390 g/mol. The number of benzene rings is 1. The van der Waals surface area contributed by atoms with Crippen molar-refractivity contribution in [1.82, 2.24) is 10.2 Å². The Morgan fingerprint density at radius 2 is 1.86 bits per heavy atom. The number of ether oxygens (including phenoxy) is 2. The van der Waals surface area contributed by atoms with Gasteiger partial charge in [-0.2, -0.15) is 0 Å². The number of amides is 1. The predicted octanol–water partition coefficient (Wildman–Crippen LogP) is 2.47. The lowest BCUT2D eigenvalue weighted by Crippen LogP contribution is -2.54. The van der Waals surface area contributed by atoms with Gasteiger partial charge < -0.3 is 19.9 Å². The van der Waals surface area contributed by atoms with Crippen LogP contribution in [0, 0.1) is 5.92 Å². The third-order valence-electron chi connectivity index (χ3n) is 5.22. The Hall–Kier alpha value is -2.28. The molecule has 1 aromatic carbocycles. The van der Waals surface area contributed by atoms with E-state index in [4.69, 9.17) is 9.47 Å². The van der Waals surface area contributed by atoms with Crippen molar-refractivity contribution >= 4 is 12.1 Å². The molecular formula is C21H30N2O5. The highest BCUT2D eigenvalue weighted by Gasteiger charge is 2.38. The van der Waals surface area contributed by atoms with E-state index < -0.39 is 23.7 Å². The highest BCUT2D eigenvalue weighted by Crippen LogP contribution is 2.30. The lowest BCUT2D eigenvalue weighted by molar-refractivity contribution is -0.161. The van der Waals surface area contributed by atoms with Crippen LogP contribution in [-0.4, -0.2) is 59.5 Å². The van der Waals surface area contributed by atoms with Crippen LogP contribution in [0.25, 0.3) is 0 Å². The SMILES string of the molecule is CC(C)(C)OC(=O)NC(Cc1ccc(O)cc1)C(=O)OC1CN2CCC1CC2. The summed E-state index contributed by atoms with van der Waals surface area (Å²) in [7, 11) is 0. The molecule has 2 unspecified atom stereocenters. The van der Waals surface area contributed by atoms with Crippen LogP contribution >= 0.6 is 0 Å². The predicted molar refractivity (Wildman–Crippen MR) is 104 cm³/mol. The molecule has 1 aromatic rings. The summed E-state index contributed by atoms with van der Waals surface area (Å²) in [5.74, 6) is 0.0951. The van der Waals surface area contributed by atoms with Gasteiger partial charge in [-0.05, 0) is 70.3 Å². The molecule has 3 aliphatic rings. The van der Waals surface area contributed by atoms with Crippen molar-refractivity contribution < 1.29 is 24.2 Å². The number of piperidine rings is 3. The number of nitrogens with one attached hydrogen (secondary N) is 1. The fourth-order valence-corrected chi connectivity index (χ4v) is 3.79.